The molecule has 0 aromatic carbocycles. The molecule has 2 aromatic rings. The highest BCUT2D eigenvalue weighted by Crippen LogP contribution is 2.20. The number of methoxy groups -OCH3 is 1. The van der Waals surface area contributed by atoms with Gasteiger partial charge in [0.05, 0.1) is 19.0 Å². The maximum atomic E-state index is 11.8. The van der Waals surface area contributed by atoms with E-state index >= 15 is 0 Å². The quantitative estimate of drug-likeness (QED) is 0.543. The Hall–Kier alpha value is -1.83. The predicted octanol–water partition coefficient (Wildman–Crippen LogP) is 1.69. The van der Waals surface area contributed by atoms with Crippen LogP contribution in [0.3, 0.4) is 0 Å². The maximum Gasteiger partial charge on any atom is 0.327 e. The number of nitrogen functional groups attached to an aromatic ring is 1. The molecule has 3 N–H and O–H groups in total. The van der Waals surface area contributed by atoms with E-state index in [1.165, 1.54) is 6.33 Å². The molecule has 2 aromatic heterocycles. The number of nitrogens with one attached hydrogen (secondary N) is 1. The Morgan fingerprint density at radius 1 is 1.46 bits per heavy atom. The summed E-state index contributed by atoms with van der Waals surface area (Å²) in [6.45, 7) is 6.32. The summed E-state index contributed by atoms with van der Waals surface area (Å²) in [5.74, 6) is 0.0230. The Labute approximate surface area is 141 Å². The minimum Gasteiger partial charge on any atom is -0.374 e. The molecule has 0 saturated carbocycles. The first-order chi connectivity index (χ1) is 11.6. The normalized spacial score (nSPS) is 13.5. The van der Waals surface area contributed by atoms with Crippen molar-refractivity contribution in [3.63, 3.8) is 0 Å². The monoisotopic (exact) mass is 358 g/mol. The van der Waals surface area contributed by atoms with Gasteiger partial charge in [0.1, 0.15) is 6.23 Å². The molecule has 0 radical (unpaired) electrons. The van der Waals surface area contributed by atoms with Crippen LogP contribution in [-0.2, 0) is 14.0 Å². The van der Waals surface area contributed by atoms with Gasteiger partial charge in [-0.25, -0.2) is 4.98 Å². The van der Waals surface area contributed by atoms with Gasteiger partial charge in [-0.3, -0.25) is 14.3 Å². The van der Waals surface area contributed by atoms with Gasteiger partial charge < -0.3 is 15.2 Å². The van der Waals surface area contributed by atoms with Crippen molar-refractivity contribution < 1.29 is 14.0 Å². The summed E-state index contributed by atoms with van der Waals surface area (Å²) < 4.78 is 23.1. The third kappa shape index (κ3) is 5.09. The molecule has 0 spiro atoms. The number of imidazole rings is 1. The average Bonchev–Trinajstić information content (AvgIpc) is 2.98. The number of H-pyrrole nitrogens is 1. The average molecular weight is 358 g/mol. The van der Waals surface area contributed by atoms with Crippen molar-refractivity contribution in [3.8, 4) is 0 Å². The summed E-state index contributed by atoms with van der Waals surface area (Å²) in [6, 6.07) is 0. The number of nitrogens with two attached hydrogens (primary N) is 1. The van der Waals surface area contributed by atoms with Crippen LogP contribution in [0.5, 0.6) is 0 Å². The molecule has 0 amide bonds. The second kappa shape index (κ2) is 10.1. The molecule has 0 bridgehead atoms. The lowest BCUT2D eigenvalue weighted by molar-refractivity contribution is -0.0180. The lowest BCUT2D eigenvalue weighted by Crippen LogP contribution is -2.20. The Bertz CT molecular complexity index is 702. The highest BCUT2D eigenvalue weighted by Gasteiger charge is 2.19. The van der Waals surface area contributed by atoms with Gasteiger partial charge in [0, 0.05) is 13.5 Å². The van der Waals surface area contributed by atoms with Crippen LogP contribution in [0, 0.1) is 0 Å². The minimum atomic E-state index is -0.400. The van der Waals surface area contributed by atoms with Crippen molar-refractivity contribution in [1.82, 2.24) is 19.5 Å². The Balaban J connectivity index is 0.00000139. The fraction of sp³-hybridized carbons (Fsp3) is 0.643. The largest absolute Gasteiger partial charge is 0.374 e. The van der Waals surface area contributed by atoms with E-state index in [2.05, 4.69) is 15.0 Å². The van der Waals surface area contributed by atoms with Gasteiger partial charge in [0.15, 0.2) is 17.3 Å². The Morgan fingerprint density at radius 2 is 2.17 bits per heavy atom. The molecule has 10 heteroatoms. The number of rotatable bonds is 8. The Morgan fingerprint density at radius 3 is 2.79 bits per heavy atom. The molecule has 24 heavy (non-hydrogen) atoms. The predicted molar refractivity (Wildman–Crippen MR) is 93.9 cm³/mol. The van der Waals surface area contributed by atoms with E-state index in [1.54, 1.807) is 11.7 Å². The SMILES string of the molecule is CC.CO[C@H](C[C@H](C)OCC[PH+]=O)n1cnc2c(=O)[nH]c(N)nc21. The second-order valence-electron chi connectivity index (χ2n) is 4.78. The van der Waals surface area contributed by atoms with Crippen LogP contribution in [0.15, 0.2) is 11.1 Å². The van der Waals surface area contributed by atoms with Crippen LogP contribution in [0.4, 0.5) is 5.95 Å². The maximum absolute atomic E-state index is 11.8. The fourth-order valence-electron chi connectivity index (χ4n) is 2.13. The molecule has 1 unspecified atom stereocenters. The number of aromatic nitrogens is 4. The van der Waals surface area contributed by atoms with Crippen LogP contribution in [-0.4, -0.2) is 45.5 Å². The lowest BCUT2D eigenvalue weighted by atomic mass is 10.2. The number of anilines is 1. The van der Waals surface area contributed by atoms with E-state index in [-0.39, 0.29) is 26.0 Å². The first-order valence-corrected chi connectivity index (χ1v) is 8.90. The van der Waals surface area contributed by atoms with Gasteiger partial charge >= 0.3 is 8.46 Å². The summed E-state index contributed by atoms with van der Waals surface area (Å²) in [5.41, 5.74) is 5.75. The third-order valence-electron chi connectivity index (χ3n) is 3.17. The molecule has 9 nitrogen and oxygen atoms in total. The standard InChI is InChI=1S/C12H18N5O4P.C2H6/c1-7(21-3-4-22-19)5-8(20-2)17-6-14-9-10(17)15-12(13)16-11(9)18;1-2/h6-8H,3-5H2,1-2H3,(H3,13,15,16,18);1-2H3/p+1/t7-,8+;/m0./s1. The molecular weight excluding hydrogens is 333 g/mol. The Kier molecular flexibility index (Phi) is 8.53. The molecule has 0 aliphatic heterocycles. The summed E-state index contributed by atoms with van der Waals surface area (Å²) in [6.07, 6.45) is 2.01. The highest BCUT2D eigenvalue weighted by molar-refractivity contribution is 7.23. The highest BCUT2D eigenvalue weighted by atomic mass is 31.1. The van der Waals surface area contributed by atoms with Gasteiger partial charge in [-0.15, -0.1) is 0 Å². The molecule has 0 fully saturated rings. The van der Waals surface area contributed by atoms with Gasteiger partial charge in [0.25, 0.3) is 5.56 Å². The zero-order valence-electron chi connectivity index (χ0n) is 14.4. The molecule has 0 aliphatic rings. The van der Waals surface area contributed by atoms with E-state index in [1.807, 2.05) is 20.8 Å². The molecule has 2 rings (SSSR count). The number of ether oxygens (including phenoxy) is 2. The lowest BCUT2D eigenvalue weighted by Gasteiger charge is -2.21. The number of aromatic amines is 1. The van der Waals surface area contributed by atoms with Gasteiger partial charge in [0.2, 0.25) is 5.95 Å². The van der Waals surface area contributed by atoms with Crippen molar-refractivity contribution >= 4 is 25.6 Å². The molecule has 0 saturated heterocycles. The first kappa shape index (κ1) is 20.2. The van der Waals surface area contributed by atoms with Gasteiger partial charge in [-0.2, -0.15) is 4.98 Å². The van der Waals surface area contributed by atoms with E-state index in [4.69, 9.17) is 15.2 Å². The van der Waals surface area contributed by atoms with E-state index in [0.29, 0.717) is 24.8 Å². The zero-order chi connectivity index (χ0) is 18.1. The molecule has 134 valence electrons. The summed E-state index contributed by atoms with van der Waals surface area (Å²) in [7, 11) is 1.19. The van der Waals surface area contributed by atoms with Crippen molar-refractivity contribution in [2.24, 2.45) is 0 Å². The number of nitrogens with zero attached hydrogens (tertiary/aromatic N) is 3. The van der Waals surface area contributed by atoms with Gasteiger partial charge in [-0.1, -0.05) is 18.4 Å². The third-order valence-corrected chi connectivity index (χ3v) is 3.58. The molecule has 2 heterocycles. The smallest absolute Gasteiger partial charge is 0.327 e. The van der Waals surface area contributed by atoms with Gasteiger partial charge in [-0.05, 0) is 6.92 Å². The van der Waals surface area contributed by atoms with E-state index < -0.39 is 11.8 Å². The topological polar surface area (TPSA) is 125 Å². The molecule has 0 aliphatic carbocycles. The van der Waals surface area contributed by atoms with Crippen LogP contribution in [0.2, 0.25) is 0 Å². The van der Waals surface area contributed by atoms with Crippen molar-refractivity contribution in [1.29, 1.82) is 0 Å². The molecular formula is C14H25N5O4P+. The van der Waals surface area contributed by atoms with Crippen molar-refractivity contribution in [2.45, 2.75) is 39.5 Å². The number of hydrogen-bond donors (Lipinski definition) is 2. The summed E-state index contributed by atoms with van der Waals surface area (Å²) in [5, 5.41) is 0. The van der Waals surface area contributed by atoms with Crippen molar-refractivity contribution in [2.75, 3.05) is 25.6 Å². The van der Waals surface area contributed by atoms with Crippen LogP contribution in [0.1, 0.15) is 33.4 Å². The number of hydrogen-bond acceptors (Lipinski definition) is 7. The second-order valence-corrected chi connectivity index (χ2v) is 5.57. The van der Waals surface area contributed by atoms with E-state index in [0.717, 1.165) is 0 Å². The van der Waals surface area contributed by atoms with Crippen LogP contribution >= 0.6 is 8.46 Å². The number of fused-ring (bicyclic) bond motifs is 1. The van der Waals surface area contributed by atoms with E-state index in [9.17, 15) is 9.36 Å². The first-order valence-electron chi connectivity index (χ1n) is 7.78. The van der Waals surface area contributed by atoms with Crippen LogP contribution < -0.4 is 11.3 Å². The van der Waals surface area contributed by atoms with Crippen LogP contribution in [0.25, 0.3) is 11.2 Å². The minimum absolute atomic E-state index is 0.0230. The van der Waals surface area contributed by atoms with Crippen molar-refractivity contribution in [3.05, 3.63) is 16.7 Å². The fourth-order valence-corrected chi connectivity index (χ4v) is 2.33. The summed E-state index contributed by atoms with van der Waals surface area (Å²) in [4.78, 5) is 22.3. The summed E-state index contributed by atoms with van der Waals surface area (Å²) >= 11 is 0. The zero-order valence-corrected chi connectivity index (χ0v) is 15.4. The molecule has 3 atom stereocenters.